The van der Waals surface area contributed by atoms with Gasteiger partial charge in [0.2, 0.25) is 11.8 Å². The van der Waals surface area contributed by atoms with Crippen molar-refractivity contribution in [3.05, 3.63) is 54.2 Å². The van der Waals surface area contributed by atoms with Gasteiger partial charge in [-0.2, -0.15) is 0 Å². The molecule has 3 aromatic rings. The van der Waals surface area contributed by atoms with Crippen molar-refractivity contribution in [3.63, 3.8) is 0 Å². The minimum atomic E-state index is -0.536. The molecule has 1 unspecified atom stereocenters. The van der Waals surface area contributed by atoms with Crippen LogP contribution in [0.2, 0.25) is 0 Å². The molecule has 11 nitrogen and oxygen atoms in total. The fraction of sp³-hybridized carbons (Fsp3) is 0.286. The van der Waals surface area contributed by atoms with E-state index in [0.29, 0.717) is 29.0 Å². The van der Waals surface area contributed by atoms with E-state index in [4.69, 9.17) is 9.15 Å². The van der Waals surface area contributed by atoms with Crippen molar-refractivity contribution in [1.82, 2.24) is 30.7 Å². The quantitative estimate of drug-likeness (QED) is 0.399. The number of aromatic nitrogens is 3. The molecule has 0 saturated carbocycles. The van der Waals surface area contributed by atoms with Gasteiger partial charge in [0.25, 0.3) is 0 Å². The Morgan fingerprint density at radius 2 is 2.18 bits per heavy atom. The first-order valence-electron chi connectivity index (χ1n) is 10.1. The highest BCUT2D eigenvalue weighted by Gasteiger charge is 2.27. The molecule has 0 spiro atoms. The molecule has 0 aliphatic carbocycles. The van der Waals surface area contributed by atoms with E-state index in [9.17, 15) is 14.4 Å². The first kappa shape index (κ1) is 22.4. The Morgan fingerprint density at radius 1 is 1.30 bits per heavy atom. The van der Waals surface area contributed by atoms with Crippen LogP contribution in [0.5, 0.6) is 5.75 Å². The third-order valence-corrected chi connectivity index (χ3v) is 5.76. The topological polar surface area (TPSA) is 140 Å². The fourth-order valence-corrected chi connectivity index (χ4v) is 4.13. The minimum Gasteiger partial charge on any atom is -0.497 e. The van der Waals surface area contributed by atoms with Gasteiger partial charge >= 0.3 is 6.03 Å². The van der Waals surface area contributed by atoms with Gasteiger partial charge in [-0.05, 0) is 24.3 Å². The molecule has 12 heteroatoms. The van der Waals surface area contributed by atoms with Crippen LogP contribution in [0.1, 0.15) is 18.0 Å². The van der Waals surface area contributed by atoms with Crippen molar-refractivity contribution in [2.24, 2.45) is 0 Å². The molecule has 33 heavy (non-hydrogen) atoms. The van der Waals surface area contributed by atoms with Gasteiger partial charge in [0, 0.05) is 24.9 Å². The third-order valence-electron chi connectivity index (χ3n) is 4.83. The van der Waals surface area contributed by atoms with E-state index in [2.05, 4.69) is 26.1 Å². The van der Waals surface area contributed by atoms with Crippen LogP contribution in [0.25, 0.3) is 5.69 Å². The number of carbonyl (C=O) groups excluding carboxylic acids is 3. The number of imide groups is 1. The predicted molar refractivity (Wildman–Crippen MR) is 118 cm³/mol. The van der Waals surface area contributed by atoms with Gasteiger partial charge in [-0.25, -0.2) is 4.79 Å². The highest BCUT2D eigenvalue weighted by atomic mass is 32.2. The maximum absolute atomic E-state index is 12.3. The SMILES string of the molecule is COc1cccc(-n2c(CC3CC(=O)NC(=O)N3)nnc2SCC(=O)NCc2ccco2)c1. The Bertz CT molecular complexity index is 1130. The number of thioether (sulfide) groups is 1. The van der Waals surface area contributed by atoms with Gasteiger partial charge in [0.1, 0.15) is 17.3 Å². The number of amides is 4. The van der Waals surface area contributed by atoms with E-state index in [1.165, 1.54) is 11.8 Å². The number of rotatable bonds is 9. The number of nitrogens with zero attached hydrogens (tertiary/aromatic N) is 3. The van der Waals surface area contributed by atoms with E-state index in [1.807, 2.05) is 24.3 Å². The van der Waals surface area contributed by atoms with Gasteiger partial charge in [-0.15, -0.1) is 10.2 Å². The maximum atomic E-state index is 12.3. The van der Waals surface area contributed by atoms with Crippen LogP contribution < -0.4 is 20.7 Å². The third kappa shape index (κ3) is 5.71. The van der Waals surface area contributed by atoms with Crippen LogP contribution in [0.15, 0.2) is 52.2 Å². The molecule has 1 fully saturated rings. The normalized spacial score (nSPS) is 15.6. The van der Waals surface area contributed by atoms with Crippen LogP contribution in [-0.2, 0) is 22.6 Å². The summed E-state index contributed by atoms with van der Waals surface area (Å²) >= 11 is 1.22. The molecule has 1 atom stereocenters. The predicted octanol–water partition coefficient (Wildman–Crippen LogP) is 1.42. The number of urea groups is 1. The minimum absolute atomic E-state index is 0.116. The molecule has 3 N–H and O–H groups in total. The fourth-order valence-electron chi connectivity index (χ4n) is 3.33. The average Bonchev–Trinajstić information content (AvgIpc) is 3.45. The molecular formula is C21H22N6O5S. The Hall–Kier alpha value is -3.80. The van der Waals surface area contributed by atoms with Crippen LogP contribution in [0.4, 0.5) is 4.79 Å². The zero-order valence-electron chi connectivity index (χ0n) is 17.7. The van der Waals surface area contributed by atoms with Crippen molar-refractivity contribution in [3.8, 4) is 11.4 Å². The summed E-state index contributed by atoms with van der Waals surface area (Å²) < 4.78 is 12.3. The van der Waals surface area contributed by atoms with Gasteiger partial charge in [0.15, 0.2) is 5.16 Å². The summed E-state index contributed by atoms with van der Waals surface area (Å²) in [5.41, 5.74) is 0.736. The number of hydrogen-bond acceptors (Lipinski definition) is 8. The first-order valence-corrected chi connectivity index (χ1v) is 11.1. The molecular weight excluding hydrogens is 448 g/mol. The van der Waals surface area contributed by atoms with E-state index in [0.717, 1.165) is 5.69 Å². The van der Waals surface area contributed by atoms with Crippen LogP contribution in [-0.4, -0.2) is 51.5 Å². The summed E-state index contributed by atoms with van der Waals surface area (Å²) in [4.78, 5) is 35.8. The number of benzene rings is 1. The average molecular weight is 471 g/mol. The van der Waals surface area contributed by atoms with Gasteiger partial charge in [0.05, 0.1) is 31.4 Å². The van der Waals surface area contributed by atoms with Crippen molar-refractivity contribution in [2.75, 3.05) is 12.9 Å². The van der Waals surface area contributed by atoms with Crippen molar-refractivity contribution in [1.29, 1.82) is 0 Å². The van der Waals surface area contributed by atoms with Gasteiger partial charge in [-0.3, -0.25) is 19.5 Å². The summed E-state index contributed by atoms with van der Waals surface area (Å²) in [6.07, 6.45) is 1.97. The van der Waals surface area contributed by atoms with Crippen LogP contribution >= 0.6 is 11.8 Å². The highest BCUT2D eigenvalue weighted by Crippen LogP contribution is 2.25. The molecule has 3 heterocycles. The molecule has 4 amide bonds. The molecule has 2 aromatic heterocycles. The van der Waals surface area contributed by atoms with Crippen molar-refractivity contribution in [2.45, 2.75) is 30.6 Å². The summed E-state index contributed by atoms with van der Waals surface area (Å²) in [5.74, 6) is 1.43. The monoisotopic (exact) mass is 470 g/mol. The molecule has 1 aliphatic rings. The summed E-state index contributed by atoms with van der Waals surface area (Å²) in [5, 5.41) is 16.8. The highest BCUT2D eigenvalue weighted by molar-refractivity contribution is 7.99. The van der Waals surface area contributed by atoms with E-state index in [-0.39, 0.29) is 30.4 Å². The molecule has 0 bridgehead atoms. The Labute approximate surface area is 193 Å². The number of nitrogens with one attached hydrogen (secondary N) is 3. The smallest absolute Gasteiger partial charge is 0.321 e. The first-order chi connectivity index (χ1) is 16.0. The lowest BCUT2D eigenvalue weighted by molar-refractivity contribution is -0.121. The zero-order chi connectivity index (χ0) is 23.2. The van der Waals surface area contributed by atoms with E-state index < -0.39 is 12.1 Å². The summed E-state index contributed by atoms with van der Waals surface area (Å²) in [6.45, 7) is 0.295. The van der Waals surface area contributed by atoms with Crippen LogP contribution in [0, 0.1) is 0 Å². The second-order valence-corrected chi connectivity index (χ2v) is 8.15. The number of furan rings is 1. The second kappa shape index (κ2) is 10.2. The van der Waals surface area contributed by atoms with Gasteiger partial charge in [-0.1, -0.05) is 17.8 Å². The largest absolute Gasteiger partial charge is 0.497 e. The molecule has 0 radical (unpaired) electrons. The zero-order valence-corrected chi connectivity index (χ0v) is 18.6. The number of methoxy groups -OCH3 is 1. The van der Waals surface area contributed by atoms with Crippen molar-refractivity contribution < 1.29 is 23.5 Å². The number of hydrogen-bond donors (Lipinski definition) is 3. The molecule has 1 saturated heterocycles. The van der Waals surface area contributed by atoms with E-state index in [1.54, 1.807) is 30.1 Å². The Kier molecular flexibility index (Phi) is 6.93. The number of carbonyl (C=O) groups is 3. The lowest BCUT2D eigenvalue weighted by atomic mass is 10.1. The lowest BCUT2D eigenvalue weighted by Gasteiger charge is -2.23. The lowest BCUT2D eigenvalue weighted by Crippen LogP contribution is -2.53. The molecule has 4 rings (SSSR count). The molecule has 172 valence electrons. The number of ether oxygens (including phenoxy) is 1. The van der Waals surface area contributed by atoms with E-state index >= 15 is 0 Å². The Morgan fingerprint density at radius 3 is 2.94 bits per heavy atom. The second-order valence-electron chi connectivity index (χ2n) is 7.21. The van der Waals surface area contributed by atoms with Gasteiger partial charge < -0.3 is 19.8 Å². The molecule has 1 aromatic carbocycles. The Balaban J connectivity index is 1.52. The summed E-state index contributed by atoms with van der Waals surface area (Å²) in [7, 11) is 1.57. The van der Waals surface area contributed by atoms with Crippen LogP contribution in [0.3, 0.4) is 0 Å². The summed E-state index contributed by atoms with van der Waals surface area (Å²) in [6, 6.07) is 9.91. The standard InChI is InChI=1S/C21H22N6O5S/c1-31-15-5-2-4-14(10-15)27-17(8-13-9-18(28)24-20(30)23-13)25-26-21(27)33-12-19(29)22-11-16-6-3-7-32-16/h2-7,10,13H,8-9,11-12H2,1H3,(H,22,29)(H2,23,24,28,30). The molecule has 1 aliphatic heterocycles. The van der Waals surface area contributed by atoms with Crippen molar-refractivity contribution >= 4 is 29.6 Å². The maximum Gasteiger partial charge on any atom is 0.321 e.